The summed E-state index contributed by atoms with van der Waals surface area (Å²) < 4.78 is 11.6. The van der Waals surface area contributed by atoms with Crippen molar-refractivity contribution >= 4 is 21.9 Å². The molecule has 23 heavy (non-hydrogen) atoms. The highest BCUT2D eigenvalue weighted by atomic mass is 79.9. The number of carbonyl (C=O) groups excluding carboxylic acids is 1. The third-order valence-corrected chi connectivity index (χ3v) is 3.60. The van der Waals surface area contributed by atoms with Crippen molar-refractivity contribution in [3.05, 3.63) is 58.6 Å². The highest BCUT2D eigenvalue weighted by molar-refractivity contribution is 9.10. The summed E-state index contributed by atoms with van der Waals surface area (Å²) in [5, 5.41) is 9.97. The van der Waals surface area contributed by atoms with Gasteiger partial charge in [0.05, 0.1) is 19.1 Å². The van der Waals surface area contributed by atoms with Gasteiger partial charge in [0.2, 0.25) is 0 Å². The zero-order chi connectivity index (χ0) is 16.7. The van der Waals surface area contributed by atoms with Crippen LogP contribution in [-0.2, 0) is 16.0 Å². The van der Waals surface area contributed by atoms with E-state index >= 15 is 0 Å². The molecule has 5 heteroatoms. The Hall–Kier alpha value is -1.85. The molecule has 0 aliphatic rings. The number of esters is 1. The summed E-state index contributed by atoms with van der Waals surface area (Å²) in [5.74, 6) is 1.02. The fourth-order valence-electron chi connectivity index (χ4n) is 2.16. The van der Waals surface area contributed by atoms with Crippen molar-refractivity contribution < 1.29 is 19.4 Å². The van der Waals surface area contributed by atoms with Crippen LogP contribution in [0.1, 0.15) is 18.9 Å². The van der Waals surface area contributed by atoms with Crippen molar-refractivity contribution in [3.63, 3.8) is 0 Å². The summed E-state index contributed by atoms with van der Waals surface area (Å²) in [4.78, 5) is 11.4. The zero-order valence-electron chi connectivity index (χ0n) is 12.9. The van der Waals surface area contributed by atoms with E-state index in [1.807, 2.05) is 48.5 Å². The average Bonchev–Trinajstić information content (AvgIpc) is 2.47. The van der Waals surface area contributed by atoms with Crippen LogP contribution in [0.2, 0.25) is 0 Å². The first-order valence-electron chi connectivity index (χ1n) is 7.43. The maximum absolute atomic E-state index is 11.4. The fraction of sp³-hybridized carbons (Fsp3) is 0.278. The number of rotatable bonds is 7. The number of aliphatic hydroxyl groups excluding tert-OH is 1. The van der Waals surface area contributed by atoms with Crippen molar-refractivity contribution in [2.24, 2.45) is 0 Å². The molecule has 0 amide bonds. The Balaban J connectivity index is 1.98. The Morgan fingerprint density at radius 2 is 1.87 bits per heavy atom. The van der Waals surface area contributed by atoms with Gasteiger partial charge in [-0.15, -0.1) is 0 Å². The van der Waals surface area contributed by atoms with Gasteiger partial charge >= 0.3 is 5.97 Å². The van der Waals surface area contributed by atoms with Crippen molar-refractivity contribution in [3.8, 4) is 11.5 Å². The van der Waals surface area contributed by atoms with E-state index in [4.69, 9.17) is 9.47 Å². The van der Waals surface area contributed by atoms with Crippen molar-refractivity contribution in [1.29, 1.82) is 0 Å². The first-order valence-corrected chi connectivity index (χ1v) is 8.22. The van der Waals surface area contributed by atoms with Gasteiger partial charge in [0, 0.05) is 4.47 Å². The van der Waals surface area contributed by atoms with Crippen LogP contribution in [0.5, 0.6) is 11.5 Å². The lowest BCUT2D eigenvalue weighted by molar-refractivity contribution is -0.145. The minimum Gasteiger partial charge on any atom is -0.466 e. The van der Waals surface area contributed by atoms with Crippen LogP contribution in [0.25, 0.3) is 0 Å². The zero-order valence-corrected chi connectivity index (χ0v) is 14.5. The van der Waals surface area contributed by atoms with E-state index in [1.54, 1.807) is 6.92 Å². The molecule has 0 spiro atoms. The second-order valence-electron chi connectivity index (χ2n) is 5.07. The molecule has 2 rings (SSSR count). The summed E-state index contributed by atoms with van der Waals surface area (Å²) in [5.41, 5.74) is 0.897. The molecule has 0 saturated carbocycles. The third-order valence-electron chi connectivity index (χ3n) is 3.11. The quantitative estimate of drug-likeness (QED) is 0.736. The predicted octanol–water partition coefficient (Wildman–Crippen LogP) is 4.10. The molecule has 1 unspecified atom stereocenters. The molecular formula is C18H19BrO4. The van der Waals surface area contributed by atoms with Crippen LogP contribution in [-0.4, -0.2) is 23.8 Å². The molecule has 2 aromatic carbocycles. The van der Waals surface area contributed by atoms with E-state index < -0.39 is 6.10 Å². The van der Waals surface area contributed by atoms with E-state index in [0.29, 0.717) is 18.8 Å². The number of benzene rings is 2. The van der Waals surface area contributed by atoms with E-state index in [-0.39, 0.29) is 12.4 Å². The first-order chi connectivity index (χ1) is 11.1. The Bertz CT molecular complexity index is 657. The normalized spacial score (nSPS) is 11.8. The Morgan fingerprint density at radius 3 is 2.57 bits per heavy atom. The lowest BCUT2D eigenvalue weighted by atomic mass is 10.1. The summed E-state index contributed by atoms with van der Waals surface area (Å²) >= 11 is 3.40. The maximum atomic E-state index is 11.4. The molecule has 0 radical (unpaired) electrons. The number of halogens is 1. The molecule has 2 aromatic rings. The molecule has 0 bridgehead atoms. The van der Waals surface area contributed by atoms with Crippen molar-refractivity contribution in [1.82, 2.24) is 0 Å². The Morgan fingerprint density at radius 1 is 1.17 bits per heavy atom. The van der Waals surface area contributed by atoms with Crippen molar-refractivity contribution in [2.45, 2.75) is 25.9 Å². The van der Waals surface area contributed by atoms with Crippen LogP contribution in [0.15, 0.2) is 53.0 Å². The van der Waals surface area contributed by atoms with Crippen LogP contribution in [0.3, 0.4) is 0 Å². The van der Waals surface area contributed by atoms with Gasteiger partial charge in [0.1, 0.15) is 11.5 Å². The number of ether oxygens (including phenoxy) is 2. The molecule has 0 aliphatic heterocycles. The molecule has 0 fully saturated rings. The molecule has 0 saturated heterocycles. The van der Waals surface area contributed by atoms with Gasteiger partial charge in [0.15, 0.2) is 0 Å². The number of hydrogen-bond acceptors (Lipinski definition) is 4. The predicted molar refractivity (Wildman–Crippen MR) is 91.6 cm³/mol. The highest BCUT2D eigenvalue weighted by Crippen LogP contribution is 2.25. The second-order valence-corrected chi connectivity index (χ2v) is 5.99. The summed E-state index contributed by atoms with van der Waals surface area (Å²) in [7, 11) is 0. The molecule has 0 aliphatic carbocycles. The standard InChI is InChI=1S/C18H19BrO4/c1-2-22-18(21)12-15(20)9-13-5-3-7-16(10-13)23-17-8-4-6-14(19)11-17/h3-8,10-11,15,20H,2,9,12H2,1H3. The monoisotopic (exact) mass is 378 g/mol. The Kier molecular flexibility index (Phi) is 6.62. The number of carbonyl (C=O) groups is 1. The molecule has 1 N–H and O–H groups in total. The van der Waals surface area contributed by atoms with Crippen LogP contribution < -0.4 is 4.74 Å². The minimum atomic E-state index is -0.768. The highest BCUT2D eigenvalue weighted by Gasteiger charge is 2.12. The fourth-order valence-corrected chi connectivity index (χ4v) is 2.54. The molecule has 1 atom stereocenters. The molecule has 4 nitrogen and oxygen atoms in total. The molecule has 0 aromatic heterocycles. The van der Waals surface area contributed by atoms with Crippen molar-refractivity contribution in [2.75, 3.05) is 6.61 Å². The van der Waals surface area contributed by atoms with Gasteiger partial charge in [-0.1, -0.05) is 34.1 Å². The minimum absolute atomic E-state index is 0.00937. The van der Waals surface area contributed by atoms with Gasteiger partial charge in [-0.25, -0.2) is 0 Å². The third kappa shape index (κ3) is 6.04. The summed E-state index contributed by atoms with van der Waals surface area (Å²) in [6.45, 7) is 2.06. The van der Waals surface area contributed by atoms with Gasteiger partial charge < -0.3 is 14.6 Å². The molecule has 0 heterocycles. The van der Waals surface area contributed by atoms with E-state index in [2.05, 4.69) is 15.9 Å². The van der Waals surface area contributed by atoms with Crippen LogP contribution in [0, 0.1) is 0 Å². The van der Waals surface area contributed by atoms with Gasteiger partial charge in [-0.05, 0) is 49.2 Å². The van der Waals surface area contributed by atoms with E-state index in [0.717, 1.165) is 15.8 Å². The number of aliphatic hydroxyl groups is 1. The summed E-state index contributed by atoms with van der Waals surface area (Å²) in [6.07, 6.45) is -0.408. The topological polar surface area (TPSA) is 55.8 Å². The van der Waals surface area contributed by atoms with Gasteiger partial charge in [-0.3, -0.25) is 4.79 Å². The summed E-state index contributed by atoms with van der Waals surface area (Å²) in [6, 6.07) is 15.0. The SMILES string of the molecule is CCOC(=O)CC(O)Cc1cccc(Oc2cccc(Br)c2)c1. The van der Waals surface area contributed by atoms with E-state index in [9.17, 15) is 9.90 Å². The smallest absolute Gasteiger partial charge is 0.308 e. The molecular weight excluding hydrogens is 360 g/mol. The van der Waals surface area contributed by atoms with Crippen LogP contribution >= 0.6 is 15.9 Å². The molecule has 122 valence electrons. The van der Waals surface area contributed by atoms with Gasteiger partial charge in [0.25, 0.3) is 0 Å². The Labute approximate surface area is 144 Å². The van der Waals surface area contributed by atoms with E-state index in [1.165, 1.54) is 0 Å². The number of hydrogen-bond donors (Lipinski definition) is 1. The second kappa shape index (κ2) is 8.70. The maximum Gasteiger partial charge on any atom is 0.308 e. The lowest BCUT2D eigenvalue weighted by Crippen LogP contribution is -2.18. The first kappa shape index (κ1) is 17.5. The average molecular weight is 379 g/mol. The van der Waals surface area contributed by atoms with Gasteiger partial charge in [-0.2, -0.15) is 0 Å². The largest absolute Gasteiger partial charge is 0.466 e. The lowest BCUT2D eigenvalue weighted by Gasteiger charge is -2.11. The van der Waals surface area contributed by atoms with Crippen LogP contribution in [0.4, 0.5) is 0 Å².